The first-order valence-corrected chi connectivity index (χ1v) is 7.41. The standard InChI is InChI=1S/C16H20N4O2.ClH/c1-11-3-5-20-13(7-11)18-8-12(15(20)22)14(21)19-6-4-16(2,9-17)10-19;/h3,5,7-8H,4,6,9-10,17H2,1-2H3;1H. The Hall–Kier alpha value is -1.92. The molecule has 6 nitrogen and oxygen atoms in total. The molecule has 1 saturated heterocycles. The van der Waals surface area contributed by atoms with E-state index in [4.69, 9.17) is 5.73 Å². The average Bonchev–Trinajstić information content (AvgIpc) is 2.90. The molecule has 0 radical (unpaired) electrons. The van der Waals surface area contributed by atoms with Crippen LogP contribution in [0, 0.1) is 12.3 Å². The van der Waals surface area contributed by atoms with Gasteiger partial charge in [-0.15, -0.1) is 12.4 Å². The van der Waals surface area contributed by atoms with E-state index in [1.54, 1.807) is 11.1 Å². The van der Waals surface area contributed by atoms with Crippen LogP contribution in [-0.2, 0) is 0 Å². The molecule has 1 aliphatic rings. The van der Waals surface area contributed by atoms with Gasteiger partial charge in [-0.25, -0.2) is 4.98 Å². The quantitative estimate of drug-likeness (QED) is 0.894. The van der Waals surface area contributed by atoms with Gasteiger partial charge in [0.2, 0.25) is 0 Å². The Balaban J connectivity index is 0.00000192. The van der Waals surface area contributed by atoms with Crippen LogP contribution in [0.4, 0.5) is 0 Å². The van der Waals surface area contributed by atoms with Crippen molar-refractivity contribution in [3.63, 3.8) is 0 Å². The smallest absolute Gasteiger partial charge is 0.270 e. The minimum absolute atomic E-state index is 0. The maximum absolute atomic E-state index is 12.6. The summed E-state index contributed by atoms with van der Waals surface area (Å²) in [4.78, 5) is 31.1. The molecule has 124 valence electrons. The van der Waals surface area contributed by atoms with Crippen molar-refractivity contribution in [1.82, 2.24) is 14.3 Å². The zero-order valence-electron chi connectivity index (χ0n) is 13.3. The molecule has 7 heteroatoms. The Bertz CT molecular complexity index is 804. The van der Waals surface area contributed by atoms with Crippen LogP contribution in [0.1, 0.15) is 29.3 Å². The van der Waals surface area contributed by atoms with Crippen LogP contribution >= 0.6 is 12.4 Å². The number of pyridine rings is 1. The van der Waals surface area contributed by atoms with E-state index in [9.17, 15) is 9.59 Å². The number of carbonyl (C=O) groups excluding carboxylic acids is 1. The lowest BCUT2D eigenvalue weighted by Crippen LogP contribution is -2.37. The van der Waals surface area contributed by atoms with Gasteiger partial charge in [-0.2, -0.15) is 0 Å². The number of fused-ring (bicyclic) bond motifs is 1. The molecule has 1 aliphatic heterocycles. The maximum atomic E-state index is 12.6. The Labute approximate surface area is 140 Å². The van der Waals surface area contributed by atoms with Gasteiger partial charge in [-0.05, 0) is 43.0 Å². The lowest BCUT2D eigenvalue weighted by Gasteiger charge is -2.22. The Morgan fingerprint density at radius 2 is 2.22 bits per heavy atom. The average molecular weight is 337 g/mol. The summed E-state index contributed by atoms with van der Waals surface area (Å²) in [6.07, 6.45) is 3.90. The second kappa shape index (κ2) is 6.29. The summed E-state index contributed by atoms with van der Waals surface area (Å²) in [5.74, 6) is -0.260. The third kappa shape index (κ3) is 3.09. The molecule has 3 heterocycles. The Morgan fingerprint density at radius 1 is 1.48 bits per heavy atom. The SMILES string of the molecule is Cc1ccn2c(=O)c(C(=O)N3CCC(C)(CN)C3)cnc2c1.Cl. The number of nitrogens with zero attached hydrogens (tertiary/aromatic N) is 3. The summed E-state index contributed by atoms with van der Waals surface area (Å²) in [7, 11) is 0. The molecular formula is C16H21ClN4O2. The van der Waals surface area contributed by atoms with Gasteiger partial charge in [0, 0.05) is 25.5 Å². The molecule has 0 aromatic carbocycles. The predicted octanol–water partition coefficient (Wildman–Crippen LogP) is 1.24. The molecular weight excluding hydrogens is 316 g/mol. The summed E-state index contributed by atoms with van der Waals surface area (Å²) in [5.41, 5.74) is 7.07. The van der Waals surface area contributed by atoms with E-state index in [2.05, 4.69) is 11.9 Å². The topological polar surface area (TPSA) is 80.7 Å². The van der Waals surface area contributed by atoms with Gasteiger partial charge >= 0.3 is 0 Å². The van der Waals surface area contributed by atoms with Crippen LogP contribution in [0.15, 0.2) is 29.3 Å². The highest BCUT2D eigenvalue weighted by Crippen LogP contribution is 2.29. The van der Waals surface area contributed by atoms with Gasteiger partial charge in [0.25, 0.3) is 11.5 Å². The number of carbonyl (C=O) groups is 1. The zero-order valence-corrected chi connectivity index (χ0v) is 14.1. The van der Waals surface area contributed by atoms with Crippen LogP contribution in [-0.4, -0.2) is 39.8 Å². The number of rotatable bonds is 2. The van der Waals surface area contributed by atoms with Crippen molar-refractivity contribution in [2.75, 3.05) is 19.6 Å². The van der Waals surface area contributed by atoms with Gasteiger partial charge in [0.15, 0.2) is 0 Å². The highest BCUT2D eigenvalue weighted by molar-refractivity contribution is 5.94. The predicted molar refractivity (Wildman–Crippen MR) is 91.1 cm³/mol. The Morgan fingerprint density at radius 3 is 2.87 bits per heavy atom. The number of hydrogen-bond acceptors (Lipinski definition) is 4. The molecule has 0 bridgehead atoms. The van der Waals surface area contributed by atoms with Crippen molar-refractivity contribution < 1.29 is 4.79 Å². The fourth-order valence-corrected chi connectivity index (χ4v) is 2.86. The molecule has 1 unspecified atom stereocenters. The number of halogens is 1. The van der Waals surface area contributed by atoms with Gasteiger partial charge < -0.3 is 10.6 Å². The highest BCUT2D eigenvalue weighted by atomic mass is 35.5. The molecule has 1 fully saturated rings. The molecule has 0 spiro atoms. The molecule has 1 atom stereocenters. The van der Waals surface area contributed by atoms with Crippen molar-refractivity contribution in [2.45, 2.75) is 20.3 Å². The molecule has 0 aliphatic carbocycles. The van der Waals surface area contributed by atoms with Crippen LogP contribution in [0.3, 0.4) is 0 Å². The molecule has 1 amide bonds. The first-order chi connectivity index (χ1) is 10.4. The Kier molecular flexibility index (Phi) is 4.77. The number of hydrogen-bond donors (Lipinski definition) is 1. The van der Waals surface area contributed by atoms with Gasteiger partial charge in [-0.1, -0.05) is 6.92 Å². The van der Waals surface area contributed by atoms with E-state index in [1.165, 1.54) is 10.6 Å². The normalized spacial score (nSPS) is 20.6. The molecule has 3 rings (SSSR count). The third-order valence-corrected chi connectivity index (χ3v) is 4.43. The van der Waals surface area contributed by atoms with Gasteiger partial charge in [0.1, 0.15) is 11.2 Å². The van der Waals surface area contributed by atoms with Crippen molar-refractivity contribution in [1.29, 1.82) is 0 Å². The van der Waals surface area contributed by atoms with Crippen molar-refractivity contribution in [2.24, 2.45) is 11.1 Å². The minimum atomic E-state index is -0.323. The third-order valence-electron chi connectivity index (χ3n) is 4.43. The number of nitrogens with two attached hydrogens (primary N) is 1. The van der Waals surface area contributed by atoms with Gasteiger partial charge in [-0.3, -0.25) is 14.0 Å². The molecule has 2 aromatic heterocycles. The number of amides is 1. The second-order valence-electron chi connectivity index (χ2n) is 6.40. The summed E-state index contributed by atoms with van der Waals surface area (Å²) < 4.78 is 1.42. The lowest BCUT2D eigenvalue weighted by atomic mass is 9.90. The molecule has 0 saturated carbocycles. The summed E-state index contributed by atoms with van der Waals surface area (Å²) in [5, 5.41) is 0. The fourth-order valence-electron chi connectivity index (χ4n) is 2.86. The van der Waals surface area contributed by atoms with Crippen molar-refractivity contribution in [3.05, 3.63) is 46.0 Å². The first kappa shape index (κ1) is 17.4. The van der Waals surface area contributed by atoms with Crippen LogP contribution < -0.4 is 11.3 Å². The minimum Gasteiger partial charge on any atom is -0.338 e. The molecule has 23 heavy (non-hydrogen) atoms. The number of likely N-dealkylation sites (tertiary alicyclic amines) is 1. The zero-order chi connectivity index (χ0) is 15.9. The van der Waals surface area contributed by atoms with Crippen molar-refractivity contribution in [3.8, 4) is 0 Å². The summed E-state index contributed by atoms with van der Waals surface area (Å²) in [6.45, 7) is 5.74. The van der Waals surface area contributed by atoms with Crippen LogP contribution in [0.5, 0.6) is 0 Å². The highest BCUT2D eigenvalue weighted by Gasteiger charge is 2.36. The van der Waals surface area contributed by atoms with E-state index < -0.39 is 0 Å². The van der Waals surface area contributed by atoms with Crippen LogP contribution in [0.25, 0.3) is 5.65 Å². The van der Waals surface area contributed by atoms with E-state index >= 15 is 0 Å². The van der Waals surface area contributed by atoms with Crippen molar-refractivity contribution >= 4 is 24.0 Å². The fraction of sp³-hybridized carbons (Fsp3) is 0.438. The number of aryl methyl sites for hydroxylation is 1. The maximum Gasteiger partial charge on any atom is 0.270 e. The lowest BCUT2D eigenvalue weighted by molar-refractivity contribution is 0.0774. The second-order valence-corrected chi connectivity index (χ2v) is 6.40. The largest absolute Gasteiger partial charge is 0.338 e. The molecule has 2 N–H and O–H groups in total. The monoisotopic (exact) mass is 336 g/mol. The summed E-state index contributed by atoms with van der Waals surface area (Å²) >= 11 is 0. The molecule has 2 aromatic rings. The summed E-state index contributed by atoms with van der Waals surface area (Å²) in [6, 6.07) is 3.64. The van der Waals surface area contributed by atoms with E-state index in [-0.39, 0.29) is 34.9 Å². The van der Waals surface area contributed by atoms with Crippen LogP contribution in [0.2, 0.25) is 0 Å². The first-order valence-electron chi connectivity index (χ1n) is 7.41. The van der Waals surface area contributed by atoms with E-state index in [1.807, 2.05) is 19.1 Å². The van der Waals surface area contributed by atoms with E-state index in [0.29, 0.717) is 25.3 Å². The van der Waals surface area contributed by atoms with Gasteiger partial charge in [0.05, 0.1) is 0 Å². The van der Waals surface area contributed by atoms with E-state index in [0.717, 1.165) is 12.0 Å². The number of aromatic nitrogens is 2.